The molecule has 3 rings (SSSR count). The highest BCUT2D eigenvalue weighted by atomic mass is 32.2. The molecule has 0 saturated carbocycles. The van der Waals surface area contributed by atoms with E-state index in [4.69, 9.17) is 0 Å². The van der Waals surface area contributed by atoms with E-state index in [2.05, 4.69) is 11.6 Å². The summed E-state index contributed by atoms with van der Waals surface area (Å²) in [4.78, 5) is 13.8. The van der Waals surface area contributed by atoms with Crippen molar-refractivity contribution in [1.82, 2.24) is 0 Å². The normalized spacial score (nSPS) is 13.6. The second kappa shape index (κ2) is 8.86. The van der Waals surface area contributed by atoms with Crippen LogP contribution in [0.4, 0.5) is 11.4 Å². The number of benzene rings is 2. The van der Waals surface area contributed by atoms with Gasteiger partial charge in [0.2, 0.25) is 0 Å². The number of carbonyl (C=O) groups is 1. The highest BCUT2D eigenvalue weighted by molar-refractivity contribution is 7.92. The molecule has 156 valence electrons. The summed E-state index contributed by atoms with van der Waals surface area (Å²) >= 11 is 0. The topological polar surface area (TPSA) is 86.7 Å². The van der Waals surface area contributed by atoms with E-state index in [-0.39, 0.29) is 16.1 Å². The molecular weight excluding hydrogens is 388 g/mol. The molecule has 0 fully saturated rings. The molecule has 2 aromatic carbocycles. The zero-order valence-corrected chi connectivity index (χ0v) is 17.8. The van der Waals surface area contributed by atoms with Crippen molar-refractivity contribution in [1.29, 1.82) is 0 Å². The van der Waals surface area contributed by atoms with Crippen LogP contribution in [0.15, 0.2) is 41.3 Å². The second-order valence-electron chi connectivity index (χ2n) is 7.56. The van der Waals surface area contributed by atoms with Crippen LogP contribution in [0.2, 0.25) is 0 Å². The van der Waals surface area contributed by atoms with Crippen LogP contribution in [0.5, 0.6) is 0 Å². The molecule has 1 aliphatic rings. The SMILES string of the molecule is CCCCN(C)c1ccc(NS(=O)(=O)c2ccc3c(c2)CCCC3)cc1C(=O)O. The molecule has 0 aromatic heterocycles. The number of sulfonamides is 1. The van der Waals surface area contributed by atoms with Gasteiger partial charge >= 0.3 is 5.97 Å². The van der Waals surface area contributed by atoms with Crippen molar-refractivity contribution in [3.05, 3.63) is 53.1 Å². The van der Waals surface area contributed by atoms with E-state index in [1.165, 1.54) is 11.6 Å². The summed E-state index contributed by atoms with van der Waals surface area (Å²) in [5.74, 6) is -1.09. The summed E-state index contributed by atoms with van der Waals surface area (Å²) in [6, 6.07) is 9.90. The monoisotopic (exact) mass is 416 g/mol. The van der Waals surface area contributed by atoms with Gasteiger partial charge in [0, 0.05) is 19.3 Å². The third kappa shape index (κ3) is 4.90. The van der Waals surface area contributed by atoms with Gasteiger partial charge in [0.1, 0.15) is 0 Å². The minimum absolute atomic E-state index is 0.0780. The number of fused-ring (bicyclic) bond motifs is 1. The van der Waals surface area contributed by atoms with Gasteiger partial charge in [-0.25, -0.2) is 13.2 Å². The molecule has 7 heteroatoms. The molecule has 0 saturated heterocycles. The molecule has 0 amide bonds. The maximum atomic E-state index is 12.9. The predicted octanol–water partition coefficient (Wildman–Crippen LogP) is 4.30. The van der Waals surface area contributed by atoms with Crippen molar-refractivity contribution in [3.63, 3.8) is 0 Å². The highest BCUT2D eigenvalue weighted by Crippen LogP contribution is 2.28. The third-order valence-corrected chi connectivity index (χ3v) is 6.75. The van der Waals surface area contributed by atoms with Crippen LogP contribution in [0.1, 0.15) is 54.1 Å². The Balaban J connectivity index is 1.87. The van der Waals surface area contributed by atoms with Crippen molar-refractivity contribution >= 4 is 27.4 Å². The van der Waals surface area contributed by atoms with Gasteiger partial charge in [0.15, 0.2) is 0 Å². The number of aryl methyl sites for hydroxylation is 2. The van der Waals surface area contributed by atoms with Crippen LogP contribution in [-0.4, -0.2) is 33.1 Å². The van der Waals surface area contributed by atoms with Gasteiger partial charge in [-0.1, -0.05) is 19.4 Å². The van der Waals surface area contributed by atoms with E-state index >= 15 is 0 Å². The number of aromatic carboxylic acids is 1. The van der Waals surface area contributed by atoms with E-state index < -0.39 is 16.0 Å². The molecular formula is C22H28N2O4S. The Bertz CT molecular complexity index is 1000. The fourth-order valence-electron chi connectivity index (χ4n) is 3.71. The number of unbranched alkanes of at least 4 members (excludes halogenated alkanes) is 1. The zero-order chi connectivity index (χ0) is 21.0. The molecule has 6 nitrogen and oxygen atoms in total. The van der Waals surface area contributed by atoms with E-state index in [1.807, 2.05) is 18.0 Å². The van der Waals surface area contributed by atoms with Gasteiger partial charge in [-0.2, -0.15) is 0 Å². The molecule has 0 atom stereocenters. The molecule has 2 aromatic rings. The van der Waals surface area contributed by atoms with Crippen molar-refractivity contribution in [2.75, 3.05) is 23.2 Å². The molecule has 0 radical (unpaired) electrons. The van der Waals surface area contributed by atoms with Crippen molar-refractivity contribution < 1.29 is 18.3 Å². The number of hydrogen-bond acceptors (Lipinski definition) is 4. The lowest BCUT2D eigenvalue weighted by molar-refractivity contribution is 0.0697. The van der Waals surface area contributed by atoms with Crippen LogP contribution < -0.4 is 9.62 Å². The number of hydrogen-bond donors (Lipinski definition) is 2. The lowest BCUT2D eigenvalue weighted by Crippen LogP contribution is -2.21. The summed E-state index contributed by atoms with van der Waals surface area (Å²) in [6.45, 7) is 2.81. The van der Waals surface area contributed by atoms with Gasteiger partial charge in [-0.3, -0.25) is 4.72 Å². The molecule has 0 bridgehead atoms. The Labute approximate surface area is 172 Å². The Kier molecular flexibility index (Phi) is 6.47. The van der Waals surface area contributed by atoms with E-state index in [0.29, 0.717) is 5.69 Å². The third-order valence-electron chi connectivity index (χ3n) is 5.37. The first-order valence-corrected chi connectivity index (χ1v) is 11.5. The van der Waals surface area contributed by atoms with Gasteiger partial charge in [-0.05, 0) is 73.6 Å². The molecule has 1 aliphatic carbocycles. The van der Waals surface area contributed by atoms with Crippen molar-refractivity contribution in [3.8, 4) is 0 Å². The maximum Gasteiger partial charge on any atom is 0.337 e. The van der Waals surface area contributed by atoms with Gasteiger partial charge in [-0.15, -0.1) is 0 Å². The largest absolute Gasteiger partial charge is 0.478 e. The summed E-state index contributed by atoms with van der Waals surface area (Å²) in [6.07, 6.45) is 6.03. The van der Waals surface area contributed by atoms with E-state index in [1.54, 1.807) is 24.3 Å². The Hall–Kier alpha value is -2.54. The Morgan fingerprint density at radius 2 is 1.83 bits per heavy atom. The zero-order valence-electron chi connectivity index (χ0n) is 16.9. The number of nitrogens with one attached hydrogen (secondary N) is 1. The van der Waals surface area contributed by atoms with Gasteiger partial charge in [0.25, 0.3) is 10.0 Å². The van der Waals surface area contributed by atoms with Crippen LogP contribution in [0.3, 0.4) is 0 Å². The maximum absolute atomic E-state index is 12.9. The fourth-order valence-corrected chi connectivity index (χ4v) is 4.81. The molecule has 0 aliphatic heterocycles. The highest BCUT2D eigenvalue weighted by Gasteiger charge is 2.20. The summed E-state index contributed by atoms with van der Waals surface area (Å²) in [7, 11) is -1.95. The number of anilines is 2. The summed E-state index contributed by atoms with van der Waals surface area (Å²) in [5, 5.41) is 9.61. The lowest BCUT2D eigenvalue weighted by atomic mass is 9.92. The number of carboxylic acids is 1. The smallest absolute Gasteiger partial charge is 0.337 e. The van der Waals surface area contributed by atoms with Crippen LogP contribution in [0, 0.1) is 0 Å². The lowest BCUT2D eigenvalue weighted by Gasteiger charge is -2.22. The minimum atomic E-state index is -3.79. The van der Waals surface area contributed by atoms with Crippen molar-refractivity contribution in [2.24, 2.45) is 0 Å². The average molecular weight is 417 g/mol. The van der Waals surface area contributed by atoms with E-state index in [9.17, 15) is 18.3 Å². The first-order valence-electron chi connectivity index (χ1n) is 10.0. The van der Waals surface area contributed by atoms with Crippen LogP contribution >= 0.6 is 0 Å². The average Bonchev–Trinajstić information content (AvgIpc) is 2.71. The van der Waals surface area contributed by atoms with Crippen LogP contribution in [-0.2, 0) is 22.9 Å². The first-order chi connectivity index (χ1) is 13.8. The Morgan fingerprint density at radius 3 is 2.52 bits per heavy atom. The second-order valence-corrected chi connectivity index (χ2v) is 9.24. The predicted molar refractivity (Wildman–Crippen MR) is 115 cm³/mol. The molecule has 0 heterocycles. The number of carboxylic acid groups (broad SMARTS) is 1. The number of nitrogens with zero attached hydrogens (tertiary/aromatic N) is 1. The van der Waals surface area contributed by atoms with Gasteiger partial charge in [0.05, 0.1) is 16.1 Å². The number of rotatable bonds is 8. The molecule has 2 N–H and O–H groups in total. The van der Waals surface area contributed by atoms with Gasteiger partial charge < -0.3 is 10.0 Å². The van der Waals surface area contributed by atoms with E-state index in [0.717, 1.165) is 50.6 Å². The van der Waals surface area contributed by atoms with Crippen LogP contribution in [0.25, 0.3) is 0 Å². The molecule has 0 unspecified atom stereocenters. The first kappa shape index (κ1) is 21.2. The quantitative estimate of drug-likeness (QED) is 0.670. The standard InChI is InChI=1S/C22H28N2O4S/c1-3-4-13-24(2)21-12-10-18(15-20(21)22(25)26)23-29(27,28)19-11-9-16-7-5-6-8-17(16)14-19/h9-12,14-15,23H,3-8,13H2,1-2H3,(H,25,26). The summed E-state index contributed by atoms with van der Waals surface area (Å²) in [5.41, 5.74) is 3.19. The fraction of sp³-hybridized carbons (Fsp3) is 0.409. The summed E-state index contributed by atoms with van der Waals surface area (Å²) < 4.78 is 28.3. The molecule has 0 spiro atoms. The molecule has 29 heavy (non-hydrogen) atoms. The van der Waals surface area contributed by atoms with Crippen molar-refractivity contribution in [2.45, 2.75) is 50.3 Å². The minimum Gasteiger partial charge on any atom is -0.478 e. The Morgan fingerprint density at radius 1 is 1.10 bits per heavy atom.